The number of benzene rings is 1. The van der Waals surface area contributed by atoms with Gasteiger partial charge in [0.25, 0.3) is 0 Å². The van der Waals surface area contributed by atoms with Crippen LogP contribution in [0.4, 0.5) is 5.69 Å². The lowest BCUT2D eigenvalue weighted by Crippen LogP contribution is -2.20. The second-order valence-corrected chi connectivity index (χ2v) is 7.78. The Bertz CT molecular complexity index is 767. The van der Waals surface area contributed by atoms with Crippen molar-refractivity contribution in [1.82, 2.24) is 9.97 Å². The summed E-state index contributed by atoms with van der Waals surface area (Å²) in [5.41, 5.74) is 5.07. The molecule has 0 saturated carbocycles. The topological polar surface area (TPSA) is 74.8 Å². The zero-order valence-electron chi connectivity index (χ0n) is 12.9. The monoisotopic (exact) mass is 319 g/mol. The van der Waals surface area contributed by atoms with Gasteiger partial charge in [0.2, 0.25) is 10.0 Å². The van der Waals surface area contributed by atoms with Crippen molar-refractivity contribution >= 4 is 15.7 Å². The second-order valence-electron chi connectivity index (χ2n) is 5.77. The Morgan fingerprint density at radius 2 is 2.23 bits per heavy atom. The van der Waals surface area contributed by atoms with E-state index in [-0.39, 0.29) is 11.7 Å². The molecular formula is C16H21N3O2S. The molecule has 118 valence electrons. The lowest BCUT2D eigenvalue weighted by atomic mass is 9.80. The molecule has 0 amide bonds. The van der Waals surface area contributed by atoms with E-state index in [1.165, 1.54) is 5.56 Å². The van der Waals surface area contributed by atoms with E-state index >= 15 is 0 Å². The fourth-order valence-electron chi connectivity index (χ4n) is 3.15. The number of nitrogens with zero attached hydrogens (tertiary/aromatic N) is 1. The molecule has 1 unspecified atom stereocenters. The predicted molar refractivity (Wildman–Crippen MR) is 87.6 cm³/mol. The summed E-state index contributed by atoms with van der Waals surface area (Å²) in [6, 6.07) is 4.12. The fraction of sp³-hybridized carbons (Fsp3) is 0.438. The van der Waals surface area contributed by atoms with Crippen molar-refractivity contribution in [3.8, 4) is 0 Å². The SMILES string of the molecule is CCS(=O)(=O)Nc1c(C)ccc2c1CCCC2c1c[nH]cn1. The van der Waals surface area contributed by atoms with Gasteiger partial charge in [-0.05, 0) is 49.8 Å². The maximum atomic E-state index is 12.0. The zero-order chi connectivity index (χ0) is 15.7. The number of anilines is 1. The molecule has 1 aromatic carbocycles. The summed E-state index contributed by atoms with van der Waals surface area (Å²) in [5, 5.41) is 0. The van der Waals surface area contributed by atoms with Crippen LogP contribution >= 0.6 is 0 Å². The summed E-state index contributed by atoms with van der Waals surface area (Å²) >= 11 is 0. The van der Waals surface area contributed by atoms with Gasteiger partial charge in [0.05, 0.1) is 23.5 Å². The van der Waals surface area contributed by atoms with E-state index in [1.807, 2.05) is 19.2 Å². The Morgan fingerprint density at radius 3 is 2.91 bits per heavy atom. The first kappa shape index (κ1) is 15.1. The van der Waals surface area contributed by atoms with Gasteiger partial charge < -0.3 is 4.98 Å². The number of imidazole rings is 1. The molecule has 0 aliphatic heterocycles. The quantitative estimate of drug-likeness (QED) is 0.910. The molecule has 22 heavy (non-hydrogen) atoms. The van der Waals surface area contributed by atoms with Crippen molar-refractivity contribution in [1.29, 1.82) is 0 Å². The number of aromatic amines is 1. The van der Waals surface area contributed by atoms with E-state index in [9.17, 15) is 8.42 Å². The molecule has 1 aromatic heterocycles. The molecule has 5 nitrogen and oxygen atoms in total. The van der Waals surface area contributed by atoms with Crippen LogP contribution in [0, 0.1) is 6.92 Å². The Kier molecular flexibility index (Phi) is 3.95. The highest BCUT2D eigenvalue weighted by Gasteiger charge is 2.26. The molecular weight excluding hydrogens is 298 g/mol. The van der Waals surface area contributed by atoms with Crippen molar-refractivity contribution in [2.75, 3.05) is 10.5 Å². The Labute approximate surface area is 131 Å². The second kappa shape index (κ2) is 5.76. The van der Waals surface area contributed by atoms with Crippen LogP contribution in [0.25, 0.3) is 0 Å². The van der Waals surface area contributed by atoms with Gasteiger partial charge >= 0.3 is 0 Å². The van der Waals surface area contributed by atoms with Crippen molar-refractivity contribution in [2.45, 2.75) is 39.0 Å². The van der Waals surface area contributed by atoms with Crippen LogP contribution in [0.15, 0.2) is 24.7 Å². The van der Waals surface area contributed by atoms with Crippen LogP contribution < -0.4 is 4.72 Å². The number of fused-ring (bicyclic) bond motifs is 1. The molecule has 0 fully saturated rings. The lowest BCUT2D eigenvalue weighted by molar-refractivity contribution is 0.599. The summed E-state index contributed by atoms with van der Waals surface area (Å²) < 4.78 is 26.8. The van der Waals surface area contributed by atoms with Crippen molar-refractivity contribution in [3.63, 3.8) is 0 Å². The minimum Gasteiger partial charge on any atom is -0.351 e. The van der Waals surface area contributed by atoms with Gasteiger partial charge in [-0.3, -0.25) is 4.72 Å². The number of rotatable bonds is 4. The van der Waals surface area contributed by atoms with Gasteiger partial charge in [-0.15, -0.1) is 0 Å². The smallest absolute Gasteiger partial charge is 0.232 e. The highest BCUT2D eigenvalue weighted by molar-refractivity contribution is 7.92. The Morgan fingerprint density at radius 1 is 1.41 bits per heavy atom. The van der Waals surface area contributed by atoms with Crippen LogP contribution in [-0.4, -0.2) is 24.1 Å². The third-order valence-corrected chi connectivity index (χ3v) is 5.64. The Hall–Kier alpha value is -1.82. The van der Waals surface area contributed by atoms with E-state index in [4.69, 9.17) is 0 Å². The van der Waals surface area contributed by atoms with Crippen molar-refractivity contribution in [2.24, 2.45) is 0 Å². The molecule has 1 heterocycles. The summed E-state index contributed by atoms with van der Waals surface area (Å²) in [6.07, 6.45) is 6.60. The lowest BCUT2D eigenvalue weighted by Gasteiger charge is -2.27. The molecule has 6 heteroatoms. The standard InChI is InChI=1S/C16H21N3O2S/c1-3-22(20,21)19-16-11(2)7-8-12-13(5-4-6-14(12)16)15-9-17-10-18-15/h7-10,13,19H,3-6H2,1-2H3,(H,17,18). The molecule has 2 N–H and O–H groups in total. The predicted octanol–water partition coefficient (Wildman–Crippen LogP) is 2.95. The van der Waals surface area contributed by atoms with Crippen LogP contribution in [0.1, 0.15) is 48.1 Å². The first-order chi connectivity index (χ1) is 10.5. The number of aromatic nitrogens is 2. The average molecular weight is 319 g/mol. The van der Waals surface area contributed by atoms with Crippen molar-refractivity contribution < 1.29 is 8.42 Å². The van der Waals surface area contributed by atoms with Gasteiger partial charge in [0.1, 0.15) is 0 Å². The molecule has 1 atom stereocenters. The van der Waals surface area contributed by atoms with Gasteiger partial charge in [0, 0.05) is 12.1 Å². The summed E-state index contributed by atoms with van der Waals surface area (Å²) in [5.74, 6) is 0.319. The zero-order valence-corrected chi connectivity index (χ0v) is 13.7. The van der Waals surface area contributed by atoms with E-state index < -0.39 is 10.0 Å². The van der Waals surface area contributed by atoms with Crippen LogP contribution in [0.5, 0.6) is 0 Å². The average Bonchev–Trinajstić information content (AvgIpc) is 3.03. The molecule has 0 saturated heterocycles. The minimum absolute atomic E-state index is 0.0822. The van der Waals surface area contributed by atoms with E-state index in [0.717, 1.165) is 41.8 Å². The summed E-state index contributed by atoms with van der Waals surface area (Å²) in [7, 11) is -3.27. The van der Waals surface area contributed by atoms with E-state index in [2.05, 4.69) is 20.8 Å². The number of nitrogens with one attached hydrogen (secondary N) is 2. The molecule has 0 bridgehead atoms. The summed E-state index contributed by atoms with van der Waals surface area (Å²) in [4.78, 5) is 7.40. The molecule has 0 radical (unpaired) electrons. The van der Waals surface area contributed by atoms with Gasteiger partial charge in [0.15, 0.2) is 0 Å². The first-order valence-corrected chi connectivity index (χ1v) is 9.28. The molecule has 1 aliphatic rings. The largest absolute Gasteiger partial charge is 0.351 e. The minimum atomic E-state index is -3.27. The summed E-state index contributed by atoms with van der Waals surface area (Å²) in [6.45, 7) is 3.60. The fourth-order valence-corrected chi connectivity index (χ4v) is 3.89. The maximum absolute atomic E-state index is 12.0. The third-order valence-electron chi connectivity index (χ3n) is 4.37. The third kappa shape index (κ3) is 2.75. The number of aryl methyl sites for hydroxylation is 1. The van der Waals surface area contributed by atoms with Gasteiger partial charge in [-0.2, -0.15) is 0 Å². The van der Waals surface area contributed by atoms with Gasteiger partial charge in [-0.25, -0.2) is 13.4 Å². The van der Waals surface area contributed by atoms with E-state index in [0.29, 0.717) is 0 Å². The molecule has 3 rings (SSSR count). The number of hydrogen-bond acceptors (Lipinski definition) is 3. The molecule has 1 aliphatic carbocycles. The van der Waals surface area contributed by atoms with Crippen LogP contribution in [-0.2, 0) is 16.4 Å². The number of sulfonamides is 1. The number of H-pyrrole nitrogens is 1. The molecule has 0 spiro atoms. The maximum Gasteiger partial charge on any atom is 0.232 e. The Balaban J connectivity index is 2.08. The van der Waals surface area contributed by atoms with Crippen LogP contribution in [0.3, 0.4) is 0 Å². The highest BCUT2D eigenvalue weighted by Crippen LogP contribution is 2.40. The molecule has 2 aromatic rings. The first-order valence-electron chi connectivity index (χ1n) is 7.63. The van der Waals surface area contributed by atoms with E-state index in [1.54, 1.807) is 13.3 Å². The van der Waals surface area contributed by atoms with Gasteiger partial charge in [-0.1, -0.05) is 12.1 Å². The number of hydrogen-bond donors (Lipinski definition) is 2. The van der Waals surface area contributed by atoms with Crippen LogP contribution in [0.2, 0.25) is 0 Å². The highest BCUT2D eigenvalue weighted by atomic mass is 32.2. The normalized spacial score (nSPS) is 18.0. The van der Waals surface area contributed by atoms with Crippen molar-refractivity contribution in [3.05, 3.63) is 47.0 Å².